The molecule has 170 valence electrons. The highest BCUT2D eigenvalue weighted by Crippen LogP contribution is 2.32. The SMILES string of the molecule is CCN(CC)CCCOc1ccc2n[nH]c(S(=O)(=O)c3cccc4ccccc34)c2c1.Cl. The molecule has 3 aromatic carbocycles. The van der Waals surface area contributed by atoms with E-state index in [0.29, 0.717) is 28.6 Å². The van der Waals surface area contributed by atoms with E-state index in [1.807, 2.05) is 36.4 Å². The lowest BCUT2D eigenvalue weighted by molar-refractivity contribution is 0.249. The summed E-state index contributed by atoms with van der Waals surface area (Å²) in [5, 5.41) is 9.15. The number of nitrogens with zero attached hydrogens (tertiary/aromatic N) is 2. The Balaban J connectivity index is 0.00000289. The molecule has 0 unspecified atom stereocenters. The third kappa shape index (κ3) is 4.75. The summed E-state index contributed by atoms with van der Waals surface area (Å²) in [5.74, 6) is 0.641. The summed E-state index contributed by atoms with van der Waals surface area (Å²) in [6, 6.07) is 18.1. The van der Waals surface area contributed by atoms with E-state index in [1.165, 1.54) is 0 Å². The Morgan fingerprint density at radius 3 is 2.50 bits per heavy atom. The highest BCUT2D eigenvalue weighted by atomic mass is 35.5. The van der Waals surface area contributed by atoms with E-state index in [0.717, 1.165) is 31.4 Å². The molecule has 0 atom stereocenters. The fourth-order valence-electron chi connectivity index (χ4n) is 3.82. The normalized spacial score (nSPS) is 11.7. The first-order valence-electron chi connectivity index (χ1n) is 10.6. The summed E-state index contributed by atoms with van der Waals surface area (Å²) >= 11 is 0. The van der Waals surface area contributed by atoms with Crippen LogP contribution in [0.4, 0.5) is 0 Å². The Morgan fingerprint density at radius 2 is 1.72 bits per heavy atom. The Kier molecular flexibility index (Phi) is 7.77. The van der Waals surface area contributed by atoms with E-state index in [-0.39, 0.29) is 22.3 Å². The quantitative estimate of drug-likeness (QED) is 0.343. The van der Waals surface area contributed by atoms with Gasteiger partial charge in [0.1, 0.15) is 5.75 Å². The number of halogens is 1. The van der Waals surface area contributed by atoms with Gasteiger partial charge in [-0.05, 0) is 49.2 Å². The topological polar surface area (TPSA) is 75.3 Å². The van der Waals surface area contributed by atoms with Crippen LogP contribution in [0.15, 0.2) is 70.6 Å². The second-order valence-electron chi connectivity index (χ2n) is 7.44. The molecule has 4 rings (SSSR count). The number of aromatic nitrogens is 2. The first-order chi connectivity index (χ1) is 15.0. The van der Waals surface area contributed by atoms with Crippen LogP contribution in [-0.4, -0.2) is 49.8 Å². The van der Waals surface area contributed by atoms with E-state index < -0.39 is 9.84 Å². The Labute approximate surface area is 194 Å². The molecular weight excluding hydrogens is 446 g/mol. The first-order valence-corrected chi connectivity index (χ1v) is 12.1. The van der Waals surface area contributed by atoms with Gasteiger partial charge in [0, 0.05) is 17.3 Å². The van der Waals surface area contributed by atoms with Gasteiger partial charge in [-0.2, -0.15) is 5.10 Å². The molecule has 0 bridgehead atoms. The Bertz CT molecular complexity index is 1300. The van der Waals surface area contributed by atoms with Crippen LogP contribution in [-0.2, 0) is 9.84 Å². The lowest BCUT2D eigenvalue weighted by atomic mass is 10.1. The highest BCUT2D eigenvalue weighted by molar-refractivity contribution is 7.91. The van der Waals surface area contributed by atoms with Gasteiger partial charge < -0.3 is 9.64 Å². The van der Waals surface area contributed by atoms with Crippen molar-refractivity contribution in [3.8, 4) is 5.75 Å². The number of sulfone groups is 1. The molecule has 0 spiro atoms. The predicted octanol–water partition coefficient (Wildman–Crippen LogP) is 5.08. The molecule has 0 aliphatic carbocycles. The van der Waals surface area contributed by atoms with Gasteiger partial charge in [0.05, 0.1) is 17.0 Å². The zero-order valence-corrected chi connectivity index (χ0v) is 19.9. The van der Waals surface area contributed by atoms with Crippen molar-refractivity contribution in [3.63, 3.8) is 0 Å². The maximum atomic E-state index is 13.5. The molecule has 32 heavy (non-hydrogen) atoms. The zero-order chi connectivity index (χ0) is 21.8. The number of hydrogen-bond donors (Lipinski definition) is 1. The van der Waals surface area contributed by atoms with E-state index in [9.17, 15) is 8.42 Å². The number of hydrogen-bond acceptors (Lipinski definition) is 5. The molecule has 8 heteroatoms. The van der Waals surface area contributed by atoms with Gasteiger partial charge in [-0.15, -0.1) is 12.4 Å². The number of aromatic amines is 1. The molecule has 0 aliphatic heterocycles. The number of fused-ring (bicyclic) bond motifs is 2. The van der Waals surface area contributed by atoms with Gasteiger partial charge in [-0.25, -0.2) is 8.42 Å². The smallest absolute Gasteiger partial charge is 0.224 e. The van der Waals surface area contributed by atoms with E-state index in [1.54, 1.807) is 24.3 Å². The van der Waals surface area contributed by atoms with Crippen LogP contribution in [0.1, 0.15) is 20.3 Å². The van der Waals surface area contributed by atoms with Crippen molar-refractivity contribution in [3.05, 3.63) is 60.7 Å². The minimum Gasteiger partial charge on any atom is -0.494 e. The van der Waals surface area contributed by atoms with Crippen molar-refractivity contribution in [1.29, 1.82) is 0 Å². The van der Waals surface area contributed by atoms with Gasteiger partial charge in [0.2, 0.25) is 9.84 Å². The third-order valence-electron chi connectivity index (χ3n) is 5.58. The maximum absolute atomic E-state index is 13.5. The first kappa shape index (κ1) is 24.0. The second kappa shape index (κ2) is 10.3. The van der Waals surface area contributed by atoms with Crippen LogP contribution in [0.3, 0.4) is 0 Å². The number of ether oxygens (including phenoxy) is 1. The van der Waals surface area contributed by atoms with Crippen molar-refractivity contribution in [2.75, 3.05) is 26.2 Å². The molecule has 1 N–H and O–H groups in total. The van der Waals surface area contributed by atoms with E-state index in [4.69, 9.17) is 4.74 Å². The molecule has 1 heterocycles. The summed E-state index contributed by atoms with van der Waals surface area (Å²) in [5.41, 5.74) is 0.592. The minimum absolute atomic E-state index is 0. The Morgan fingerprint density at radius 1 is 0.969 bits per heavy atom. The molecule has 0 amide bonds. The summed E-state index contributed by atoms with van der Waals surface area (Å²) < 4.78 is 32.9. The van der Waals surface area contributed by atoms with E-state index in [2.05, 4.69) is 28.9 Å². The van der Waals surface area contributed by atoms with Gasteiger partial charge in [0.15, 0.2) is 5.03 Å². The van der Waals surface area contributed by atoms with Gasteiger partial charge >= 0.3 is 0 Å². The second-order valence-corrected chi connectivity index (χ2v) is 9.30. The van der Waals surface area contributed by atoms with Crippen molar-refractivity contribution < 1.29 is 13.2 Å². The van der Waals surface area contributed by atoms with Crippen LogP contribution in [0, 0.1) is 0 Å². The fraction of sp³-hybridized carbons (Fsp3) is 0.292. The molecule has 0 saturated carbocycles. The average molecular weight is 474 g/mol. The third-order valence-corrected chi connectivity index (χ3v) is 7.36. The van der Waals surface area contributed by atoms with Crippen LogP contribution in [0.5, 0.6) is 5.75 Å². The maximum Gasteiger partial charge on any atom is 0.224 e. The van der Waals surface area contributed by atoms with Crippen LogP contribution >= 0.6 is 12.4 Å². The minimum atomic E-state index is -3.79. The van der Waals surface area contributed by atoms with Gasteiger partial charge in [-0.1, -0.05) is 50.2 Å². The molecule has 1 aromatic heterocycles. The van der Waals surface area contributed by atoms with Crippen molar-refractivity contribution in [1.82, 2.24) is 15.1 Å². The molecule has 0 fully saturated rings. The van der Waals surface area contributed by atoms with Crippen LogP contribution < -0.4 is 4.74 Å². The molecular formula is C24H28ClN3O3S. The van der Waals surface area contributed by atoms with Crippen molar-refractivity contribution >= 4 is 43.9 Å². The number of H-pyrrole nitrogens is 1. The number of benzene rings is 3. The molecule has 0 radical (unpaired) electrons. The number of nitrogens with one attached hydrogen (secondary N) is 1. The number of rotatable bonds is 9. The largest absolute Gasteiger partial charge is 0.494 e. The van der Waals surface area contributed by atoms with Gasteiger partial charge in [0.25, 0.3) is 0 Å². The molecule has 4 aromatic rings. The zero-order valence-electron chi connectivity index (χ0n) is 18.2. The van der Waals surface area contributed by atoms with Crippen LogP contribution in [0.25, 0.3) is 21.7 Å². The highest BCUT2D eigenvalue weighted by Gasteiger charge is 2.25. The molecule has 6 nitrogen and oxygen atoms in total. The Hall–Kier alpha value is -2.61. The summed E-state index contributed by atoms with van der Waals surface area (Å²) in [4.78, 5) is 2.61. The van der Waals surface area contributed by atoms with Gasteiger partial charge in [-0.3, -0.25) is 5.10 Å². The summed E-state index contributed by atoms with van der Waals surface area (Å²) in [6.07, 6.45) is 0.909. The standard InChI is InChI=1S/C24H27N3O3S.ClH/c1-3-27(4-2)15-8-16-30-19-13-14-22-21(17-19)24(26-25-22)31(28,29)23-12-7-10-18-9-5-6-11-20(18)23;/h5-7,9-14,17H,3-4,8,15-16H2,1-2H3,(H,25,26);1H. The summed E-state index contributed by atoms with van der Waals surface area (Å²) in [7, 11) is -3.79. The fourth-order valence-corrected chi connectivity index (χ4v) is 5.39. The molecule has 0 aliphatic rings. The lowest BCUT2D eigenvalue weighted by Crippen LogP contribution is -2.25. The van der Waals surface area contributed by atoms with Crippen molar-refractivity contribution in [2.24, 2.45) is 0 Å². The lowest BCUT2D eigenvalue weighted by Gasteiger charge is -2.17. The van der Waals surface area contributed by atoms with Crippen LogP contribution in [0.2, 0.25) is 0 Å². The van der Waals surface area contributed by atoms with E-state index >= 15 is 0 Å². The predicted molar refractivity (Wildman–Crippen MR) is 131 cm³/mol. The summed E-state index contributed by atoms with van der Waals surface area (Å²) in [6.45, 7) is 7.89. The van der Waals surface area contributed by atoms with Crippen molar-refractivity contribution in [2.45, 2.75) is 30.2 Å². The average Bonchev–Trinajstić information content (AvgIpc) is 3.23. The molecule has 0 saturated heterocycles. The monoisotopic (exact) mass is 473 g/mol.